The van der Waals surface area contributed by atoms with E-state index in [9.17, 15) is 4.39 Å². The summed E-state index contributed by atoms with van der Waals surface area (Å²) < 4.78 is 14.1. The molecule has 0 spiro atoms. The predicted octanol–water partition coefficient (Wildman–Crippen LogP) is 4.26. The van der Waals surface area contributed by atoms with Crippen molar-refractivity contribution in [1.29, 1.82) is 0 Å². The van der Waals surface area contributed by atoms with Crippen molar-refractivity contribution < 1.29 is 4.39 Å². The van der Waals surface area contributed by atoms with Crippen LogP contribution >= 0.6 is 11.6 Å². The van der Waals surface area contributed by atoms with Crippen LogP contribution in [0.5, 0.6) is 0 Å². The number of hydrogen-bond donors (Lipinski definition) is 0. The molecule has 0 amide bonds. The Morgan fingerprint density at radius 3 is 2.72 bits per heavy atom. The van der Waals surface area contributed by atoms with Gasteiger partial charge in [-0.1, -0.05) is 24.3 Å². The van der Waals surface area contributed by atoms with Gasteiger partial charge in [-0.15, -0.1) is 11.6 Å². The summed E-state index contributed by atoms with van der Waals surface area (Å²) in [5.41, 5.74) is 3.83. The molecule has 0 unspecified atom stereocenters. The van der Waals surface area contributed by atoms with E-state index < -0.39 is 0 Å². The zero-order chi connectivity index (χ0) is 12.5. The van der Waals surface area contributed by atoms with Crippen LogP contribution in [0.3, 0.4) is 0 Å². The summed E-state index contributed by atoms with van der Waals surface area (Å²) in [4.78, 5) is 2.03. The SMILES string of the molecule is Fc1cc(CCl)ccc1N1CCc2ccccc21. The number of para-hydroxylation sites is 1. The van der Waals surface area contributed by atoms with Crippen LogP contribution in [0.4, 0.5) is 15.8 Å². The van der Waals surface area contributed by atoms with Gasteiger partial charge in [0.25, 0.3) is 0 Å². The fraction of sp³-hybridized carbons (Fsp3) is 0.200. The molecule has 0 fully saturated rings. The molecule has 0 aromatic heterocycles. The van der Waals surface area contributed by atoms with E-state index in [1.54, 1.807) is 0 Å². The van der Waals surface area contributed by atoms with Crippen LogP contribution in [0.25, 0.3) is 0 Å². The summed E-state index contributed by atoms with van der Waals surface area (Å²) in [7, 11) is 0. The van der Waals surface area contributed by atoms with E-state index in [1.165, 1.54) is 11.6 Å². The van der Waals surface area contributed by atoms with E-state index in [1.807, 2.05) is 35.2 Å². The van der Waals surface area contributed by atoms with Crippen LogP contribution in [0, 0.1) is 5.82 Å². The average Bonchev–Trinajstić information content (AvgIpc) is 2.82. The number of fused-ring (bicyclic) bond motifs is 1. The summed E-state index contributed by atoms with van der Waals surface area (Å²) in [6.45, 7) is 0.830. The van der Waals surface area contributed by atoms with E-state index in [0.29, 0.717) is 11.6 Å². The Morgan fingerprint density at radius 1 is 1.11 bits per heavy atom. The fourth-order valence-corrected chi connectivity index (χ4v) is 2.61. The molecule has 0 N–H and O–H groups in total. The zero-order valence-electron chi connectivity index (χ0n) is 9.87. The third-order valence-corrected chi connectivity index (χ3v) is 3.65. The van der Waals surface area contributed by atoms with E-state index >= 15 is 0 Å². The lowest BCUT2D eigenvalue weighted by Gasteiger charge is -2.20. The van der Waals surface area contributed by atoms with Crippen LogP contribution in [-0.4, -0.2) is 6.54 Å². The molecule has 1 aliphatic heterocycles. The van der Waals surface area contributed by atoms with Crippen molar-refractivity contribution in [2.75, 3.05) is 11.4 Å². The lowest BCUT2D eigenvalue weighted by molar-refractivity contribution is 0.624. The normalized spacial score (nSPS) is 13.8. The Kier molecular flexibility index (Phi) is 2.96. The summed E-state index contributed by atoms with van der Waals surface area (Å²) in [5.74, 6) is 0.137. The molecule has 2 aromatic carbocycles. The van der Waals surface area contributed by atoms with Crippen LogP contribution in [-0.2, 0) is 12.3 Å². The van der Waals surface area contributed by atoms with Gasteiger partial charge in [0.05, 0.1) is 5.69 Å². The Bertz CT molecular complexity index is 582. The summed E-state index contributed by atoms with van der Waals surface area (Å²) in [6, 6.07) is 13.4. The van der Waals surface area contributed by atoms with Crippen molar-refractivity contribution in [3.05, 3.63) is 59.4 Å². The molecule has 3 rings (SSSR count). The number of halogens is 2. The van der Waals surface area contributed by atoms with Gasteiger partial charge >= 0.3 is 0 Å². The van der Waals surface area contributed by atoms with Crippen LogP contribution < -0.4 is 4.90 Å². The first-order chi connectivity index (χ1) is 8.79. The Morgan fingerprint density at radius 2 is 1.94 bits per heavy atom. The number of anilines is 2. The third kappa shape index (κ3) is 1.87. The first-order valence-electron chi connectivity index (χ1n) is 5.99. The smallest absolute Gasteiger partial charge is 0.147 e. The molecule has 3 heteroatoms. The third-order valence-electron chi connectivity index (χ3n) is 3.34. The van der Waals surface area contributed by atoms with Crippen LogP contribution in [0.2, 0.25) is 0 Å². The summed E-state index contributed by atoms with van der Waals surface area (Å²) in [5, 5.41) is 0. The minimum atomic E-state index is -0.204. The number of rotatable bonds is 2. The van der Waals surface area contributed by atoms with Gasteiger partial charge in [-0.3, -0.25) is 0 Å². The maximum absolute atomic E-state index is 14.1. The van der Waals surface area contributed by atoms with Crippen molar-refractivity contribution in [2.24, 2.45) is 0 Å². The molecular formula is C15H13ClFN. The second kappa shape index (κ2) is 4.62. The van der Waals surface area contributed by atoms with Gasteiger partial charge in [0.2, 0.25) is 0 Å². The molecule has 0 aliphatic carbocycles. The topological polar surface area (TPSA) is 3.24 Å². The minimum Gasteiger partial charge on any atom is -0.339 e. The molecule has 0 saturated heterocycles. The van der Waals surface area contributed by atoms with Crippen molar-refractivity contribution in [2.45, 2.75) is 12.3 Å². The van der Waals surface area contributed by atoms with Crippen molar-refractivity contribution in [1.82, 2.24) is 0 Å². The molecular weight excluding hydrogens is 249 g/mol. The highest BCUT2D eigenvalue weighted by molar-refractivity contribution is 6.17. The predicted molar refractivity (Wildman–Crippen MR) is 73.1 cm³/mol. The average molecular weight is 262 g/mol. The van der Waals surface area contributed by atoms with E-state index in [2.05, 4.69) is 6.07 Å². The van der Waals surface area contributed by atoms with Crippen molar-refractivity contribution in [3.8, 4) is 0 Å². The number of hydrogen-bond acceptors (Lipinski definition) is 1. The van der Waals surface area contributed by atoms with Gasteiger partial charge in [0.15, 0.2) is 0 Å². The molecule has 1 heterocycles. The van der Waals surface area contributed by atoms with Gasteiger partial charge in [-0.25, -0.2) is 4.39 Å². The maximum Gasteiger partial charge on any atom is 0.147 e. The maximum atomic E-state index is 14.1. The van der Waals surface area contributed by atoms with E-state index in [-0.39, 0.29) is 5.82 Å². The highest BCUT2D eigenvalue weighted by Crippen LogP contribution is 2.35. The molecule has 0 atom stereocenters. The first-order valence-corrected chi connectivity index (χ1v) is 6.53. The van der Waals surface area contributed by atoms with Crippen LogP contribution in [0.1, 0.15) is 11.1 Å². The van der Waals surface area contributed by atoms with Gasteiger partial charge in [0, 0.05) is 18.1 Å². The Balaban J connectivity index is 2.02. The highest BCUT2D eigenvalue weighted by Gasteiger charge is 2.21. The monoisotopic (exact) mass is 261 g/mol. The summed E-state index contributed by atoms with van der Waals surface area (Å²) >= 11 is 5.71. The zero-order valence-corrected chi connectivity index (χ0v) is 10.6. The minimum absolute atomic E-state index is 0.204. The number of alkyl halides is 1. The van der Waals surface area contributed by atoms with Gasteiger partial charge < -0.3 is 4.90 Å². The largest absolute Gasteiger partial charge is 0.339 e. The van der Waals surface area contributed by atoms with Crippen LogP contribution in [0.15, 0.2) is 42.5 Å². The molecule has 0 saturated carbocycles. The second-order valence-electron chi connectivity index (χ2n) is 4.45. The first kappa shape index (κ1) is 11.5. The Hall–Kier alpha value is -1.54. The van der Waals surface area contributed by atoms with Crippen molar-refractivity contribution in [3.63, 3.8) is 0 Å². The molecule has 92 valence electrons. The fourth-order valence-electron chi connectivity index (χ4n) is 2.44. The number of benzene rings is 2. The molecule has 18 heavy (non-hydrogen) atoms. The van der Waals surface area contributed by atoms with E-state index in [0.717, 1.165) is 24.2 Å². The molecule has 1 aliphatic rings. The van der Waals surface area contributed by atoms with Gasteiger partial charge in [-0.05, 0) is 35.7 Å². The molecule has 2 aromatic rings. The molecule has 0 bridgehead atoms. The Labute approximate surface area is 111 Å². The standard InChI is InChI=1S/C15H13ClFN/c16-10-11-5-6-15(13(17)9-11)18-8-7-12-3-1-2-4-14(12)18/h1-6,9H,7-8,10H2. The van der Waals surface area contributed by atoms with E-state index in [4.69, 9.17) is 11.6 Å². The molecule has 0 radical (unpaired) electrons. The quantitative estimate of drug-likeness (QED) is 0.730. The van der Waals surface area contributed by atoms with Gasteiger partial charge in [0.1, 0.15) is 5.82 Å². The van der Waals surface area contributed by atoms with Crippen molar-refractivity contribution >= 4 is 23.0 Å². The van der Waals surface area contributed by atoms with Gasteiger partial charge in [-0.2, -0.15) is 0 Å². The number of nitrogens with zero attached hydrogens (tertiary/aromatic N) is 1. The highest BCUT2D eigenvalue weighted by atomic mass is 35.5. The summed E-state index contributed by atoms with van der Waals surface area (Å²) in [6.07, 6.45) is 0.965. The lowest BCUT2D eigenvalue weighted by atomic mass is 10.1. The second-order valence-corrected chi connectivity index (χ2v) is 4.72. The molecule has 1 nitrogen and oxygen atoms in total. The lowest BCUT2D eigenvalue weighted by Crippen LogP contribution is -2.14.